The zero-order chi connectivity index (χ0) is 15.7. The third-order valence-corrected chi connectivity index (χ3v) is 5.41. The summed E-state index contributed by atoms with van der Waals surface area (Å²) in [6.45, 7) is 6.18. The maximum Gasteiger partial charge on any atom is 0.240 e. The molecule has 0 aromatic heterocycles. The second-order valence-corrected chi connectivity index (χ2v) is 7.56. The van der Waals surface area contributed by atoms with Crippen LogP contribution in [0, 0.1) is 0 Å². The average molecular weight is 331 g/mol. The minimum atomic E-state index is -3.40. The van der Waals surface area contributed by atoms with E-state index < -0.39 is 10.0 Å². The Bertz CT molecular complexity index is 530. The Morgan fingerprint density at radius 3 is 2.57 bits per heavy atom. The van der Waals surface area contributed by atoms with Crippen LogP contribution in [0.3, 0.4) is 0 Å². The van der Waals surface area contributed by atoms with Gasteiger partial charge in [0.05, 0.1) is 4.90 Å². The number of sulfonamides is 1. The fourth-order valence-electron chi connectivity index (χ4n) is 2.04. The van der Waals surface area contributed by atoms with Gasteiger partial charge in [0, 0.05) is 13.1 Å². The van der Waals surface area contributed by atoms with Gasteiger partial charge in [0.25, 0.3) is 0 Å². The highest BCUT2D eigenvalue weighted by atomic mass is 32.2. The van der Waals surface area contributed by atoms with Crippen LogP contribution in [-0.4, -0.2) is 33.5 Å². The van der Waals surface area contributed by atoms with Crippen LogP contribution >= 0.6 is 11.8 Å². The first kappa shape index (κ1) is 18.5. The first-order chi connectivity index (χ1) is 10.0. The molecule has 0 radical (unpaired) electrons. The Labute approximate surface area is 133 Å². The van der Waals surface area contributed by atoms with E-state index in [1.165, 1.54) is 5.56 Å². The van der Waals surface area contributed by atoms with Crippen molar-refractivity contribution in [1.29, 1.82) is 0 Å². The molecule has 0 aliphatic rings. The average Bonchev–Trinajstić information content (AvgIpc) is 2.49. The lowest BCUT2D eigenvalue weighted by molar-refractivity contribution is 0.580. The summed E-state index contributed by atoms with van der Waals surface area (Å²) in [7, 11) is -3.40. The molecule has 0 fully saturated rings. The predicted octanol–water partition coefficient (Wildman–Crippen LogP) is 2.39. The Balaban J connectivity index is 2.85. The van der Waals surface area contributed by atoms with Crippen molar-refractivity contribution in [3.8, 4) is 0 Å². The Morgan fingerprint density at radius 2 is 1.95 bits per heavy atom. The van der Waals surface area contributed by atoms with Crippen molar-refractivity contribution in [2.45, 2.75) is 38.1 Å². The van der Waals surface area contributed by atoms with Crippen molar-refractivity contribution >= 4 is 21.8 Å². The summed E-state index contributed by atoms with van der Waals surface area (Å²) in [5, 5.41) is 3.26. The lowest BCUT2D eigenvalue weighted by Gasteiger charge is -2.12. The molecule has 2 N–H and O–H groups in total. The second-order valence-electron chi connectivity index (χ2n) is 4.81. The van der Waals surface area contributed by atoms with E-state index in [1.54, 1.807) is 23.9 Å². The highest BCUT2D eigenvalue weighted by Gasteiger charge is 2.15. The normalized spacial score (nSPS) is 11.8. The van der Waals surface area contributed by atoms with E-state index in [0.29, 0.717) is 18.0 Å². The van der Waals surface area contributed by atoms with Crippen LogP contribution < -0.4 is 10.0 Å². The van der Waals surface area contributed by atoms with Crippen molar-refractivity contribution in [2.24, 2.45) is 0 Å². The molecule has 0 aliphatic heterocycles. The predicted molar refractivity (Wildman–Crippen MR) is 91.4 cm³/mol. The summed E-state index contributed by atoms with van der Waals surface area (Å²) in [4.78, 5) is 0.358. The number of hydrogen-bond donors (Lipinski definition) is 2. The molecule has 1 rings (SSSR count). The fraction of sp³-hybridized carbons (Fsp3) is 0.600. The van der Waals surface area contributed by atoms with Gasteiger partial charge in [0.1, 0.15) is 0 Å². The zero-order valence-corrected chi connectivity index (χ0v) is 14.7. The van der Waals surface area contributed by atoms with Crippen LogP contribution in [0.25, 0.3) is 0 Å². The standard InChI is InChI=1S/C15H26N2O2S2/c1-4-13-7-8-15(11-14(13)12-16-5-2)21(18,19)17-9-6-10-20-3/h7-8,11,16-17H,4-6,9-10,12H2,1-3H3. The summed E-state index contributed by atoms with van der Waals surface area (Å²) in [5.41, 5.74) is 2.25. The number of benzene rings is 1. The molecule has 1 aromatic rings. The highest BCUT2D eigenvalue weighted by molar-refractivity contribution is 7.98. The monoisotopic (exact) mass is 330 g/mol. The smallest absolute Gasteiger partial charge is 0.240 e. The molecular weight excluding hydrogens is 304 g/mol. The molecule has 0 aliphatic carbocycles. The molecule has 21 heavy (non-hydrogen) atoms. The molecule has 0 spiro atoms. The van der Waals surface area contributed by atoms with Crippen molar-refractivity contribution in [2.75, 3.05) is 25.1 Å². The molecule has 0 unspecified atom stereocenters. The fourth-order valence-corrected chi connectivity index (χ4v) is 3.60. The van der Waals surface area contributed by atoms with Gasteiger partial charge in [-0.15, -0.1) is 0 Å². The summed E-state index contributed by atoms with van der Waals surface area (Å²) in [6.07, 6.45) is 3.77. The molecule has 0 amide bonds. The van der Waals surface area contributed by atoms with Crippen LogP contribution in [0.4, 0.5) is 0 Å². The Kier molecular flexibility index (Phi) is 8.33. The lowest BCUT2D eigenvalue weighted by Crippen LogP contribution is -2.25. The maximum absolute atomic E-state index is 12.3. The van der Waals surface area contributed by atoms with Crippen LogP contribution in [0.2, 0.25) is 0 Å². The lowest BCUT2D eigenvalue weighted by atomic mass is 10.1. The second kappa shape index (κ2) is 9.46. The molecule has 120 valence electrons. The third-order valence-electron chi connectivity index (χ3n) is 3.25. The van der Waals surface area contributed by atoms with Gasteiger partial charge in [-0.25, -0.2) is 13.1 Å². The number of nitrogens with one attached hydrogen (secondary N) is 2. The summed E-state index contributed by atoms with van der Waals surface area (Å²) in [5.74, 6) is 0.961. The quantitative estimate of drug-likeness (QED) is 0.647. The first-order valence-electron chi connectivity index (χ1n) is 7.36. The Morgan fingerprint density at radius 1 is 1.19 bits per heavy atom. The van der Waals surface area contributed by atoms with Gasteiger partial charge in [-0.1, -0.05) is 19.9 Å². The van der Waals surface area contributed by atoms with E-state index in [1.807, 2.05) is 19.2 Å². The number of aryl methyl sites for hydroxylation is 1. The Hall–Kier alpha value is -0.560. The van der Waals surface area contributed by atoms with E-state index >= 15 is 0 Å². The van der Waals surface area contributed by atoms with Crippen LogP contribution in [-0.2, 0) is 23.0 Å². The summed E-state index contributed by atoms with van der Waals surface area (Å²) >= 11 is 1.72. The SMILES string of the molecule is CCNCc1cc(S(=O)(=O)NCCCSC)ccc1CC. The molecule has 0 heterocycles. The van der Waals surface area contributed by atoms with Gasteiger partial charge in [-0.3, -0.25) is 0 Å². The molecule has 0 saturated heterocycles. The summed E-state index contributed by atoms with van der Waals surface area (Å²) in [6, 6.07) is 5.41. The maximum atomic E-state index is 12.3. The van der Waals surface area contributed by atoms with Crippen molar-refractivity contribution in [3.05, 3.63) is 29.3 Å². The molecule has 0 bridgehead atoms. The van der Waals surface area contributed by atoms with Gasteiger partial charge in [-0.05, 0) is 54.7 Å². The molecule has 0 atom stereocenters. The summed E-state index contributed by atoms with van der Waals surface area (Å²) < 4.78 is 27.2. The zero-order valence-electron chi connectivity index (χ0n) is 13.1. The first-order valence-corrected chi connectivity index (χ1v) is 10.2. The van der Waals surface area contributed by atoms with Gasteiger partial charge in [-0.2, -0.15) is 11.8 Å². The topological polar surface area (TPSA) is 58.2 Å². The molecule has 0 saturated carbocycles. The van der Waals surface area contributed by atoms with E-state index in [0.717, 1.165) is 30.7 Å². The number of hydrogen-bond acceptors (Lipinski definition) is 4. The van der Waals surface area contributed by atoms with Crippen LogP contribution in [0.5, 0.6) is 0 Å². The van der Waals surface area contributed by atoms with Gasteiger partial charge >= 0.3 is 0 Å². The largest absolute Gasteiger partial charge is 0.313 e. The van der Waals surface area contributed by atoms with Crippen molar-refractivity contribution in [3.63, 3.8) is 0 Å². The number of thioether (sulfide) groups is 1. The van der Waals surface area contributed by atoms with E-state index in [9.17, 15) is 8.42 Å². The van der Waals surface area contributed by atoms with E-state index in [2.05, 4.69) is 17.0 Å². The molecular formula is C15H26N2O2S2. The third kappa shape index (κ3) is 5.98. The van der Waals surface area contributed by atoms with Crippen molar-refractivity contribution in [1.82, 2.24) is 10.0 Å². The molecule has 6 heteroatoms. The van der Waals surface area contributed by atoms with Crippen LogP contribution in [0.15, 0.2) is 23.1 Å². The van der Waals surface area contributed by atoms with E-state index in [4.69, 9.17) is 0 Å². The minimum absolute atomic E-state index is 0.358. The van der Waals surface area contributed by atoms with Crippen LogP contribution in [0.1, 0.15) is 31.4 Å². The van der Waals surface area contributed by atoms with Gasteiger partial charge < -0.3 is 5.32 Å². The minimum Gasteiger partial charge on any atom is -0.313 e. The number of rotatable bonds is 10. The van der Waals surface area contributed by atoms with Crippen molar-refractivity contribution < 1.29 is 8.42 Å². The van der Waals surface area contributed by atoms with Gasteiger partial charge in [0.15, 0.2) is 0 Å². The molecule has 4 nitrogen and oxygen atoms in total. The van der Waals surface area contributed by atoms with Gasteiger partial charge in [0.2, 0.25) is 10.0 Å². The highest BCUT2D eigenvalue weighted by Crippen LogP contribution is 2.17. The molecule has 1 aromatic carbocycles. The van der Waals surface area contributed by atoms with E-state index in [-0.39, 0.29) is 0 Å².